The van der Waals surface area contributed by atoms with Gasteiger partial charge >= 0.3 is 6.03 Å². The first kappa shape index (κ1) is 16.8. The Labute approximate surface area is 136 Å². The van der Waals surface area contributed by atoms with Crippen LogP contribution in [0, 0.1) is 6.92 Å². The molecule has 6 heteroatoms. The molecule has 122 valence electrons. The van der Waals surface area contributed by atoms with Gasteiger partial charge in [0.1, 0.15) is 6.04 Å². The van der Waals surface area contributed by atoms with Gasteiger partial charge in [0.25, 0.3) is 0 Å². The molecule has 0 saturated carbocycles. The molecule has 0 bridgehead atoms. The van der Waals surface area contributed by atoms with E-state index in [1.54, 1.807) is 18.3 Å². The molecule has 1 aliphatic rings. The van der Waals surface area contributed by atoms with Crippen molar-refractivity contribution in [2.24, 2.45) is 0 Å². The van der Waals surface area contributed by atoms with E-state index < -0.39 is 6.04 Å². The number of carbonyl (C=O) groups is 2. The van der Waals surface area contributed by atoms with E-state index in [4.69, 9.17) is 0 Å². The first-order valence-corrected chi connectivity index (χ1v) is 8.69. The van der Waals surface area contributed by atoms with E-state index in [1.165, 1.54) is 11.3 Å². The van der Waals surface area contributed by atoms with Gasteiger partial charge in [-0.25, -0.2) is 4.79 Å². The number of likely N-dealkylation sites (tertiary alicyclic amines) is 1. The van der Waals surface area contributed by atoms with Crippen LogP contribution in [0.1, 0.15) is 42.9 Å². The van der Waals surface area contributed by atoms with Gasteiger partial charge in [0, 0.05) is 22.3 Å². The van der Waals surface area contributed by atoms with Crippen molar-refractivity contribution >= 4 is 23.3 Å². The smallest absolute Gasteiger partial charge is 0.315 e. The molecule has 1 aromatic heterocycles. The third kappa shape index (κ3) is 4.47. The fourth-order valence-electron chi connectivity index (χ4n) is 2.73. The van der Waals surface area contributed by atoms with E-state index in [-0.39, 0.29) is 18.0 Å². The molecule has 1 fully saturated rings. The molecular weight excluding hydrogens is 298 g/mol. The van der Waals surface area contributed by atoms with Gasteiger partial charge in [-0.15, -0.1) is 11.3 Å². The van der Waals surface area contributed by atoms with Crippen LogP contribution >= 0.6 is 11.3 Å². The van der Waals surface area contributed by atoms with Gasteiger partial charge in [-0.05, 0) is 52.2 Å². The standard InChI is InChI=1S/C16H25N3O2S/c1-11-6-4-5-9-19(11)15(20)13(3)18-16(21)17-10-14-8-7-12(2)22-14/h7-8,11,13H,4-6,9-10H2,1-3H3,(H2,17,18,21)/t11-,13-/m1/s1. The third-order valence-electron chi connectivity index (χ3n) is 4.02. The van der Waals surface area contributed by atoms with Crippen LogP contribution in [0.3, 0.4) is 0 Å². The summed E-state index contributed by atoms with van der Waals surface area (Å²) in [6.45, 7) is 7.14. The predicted octanol–water partition coefficient (Wildman–Crippen LogP) is 2.65. The quantitative estimate of drug-likeness (QED) is 0.895. The van der Waals surface area contributed by atoms with Crippen LogP contribution in [0.2, 0.25) is 0 Å². The Morgan fingerprint density at radius 3 is 2.82 bits per heavy atom. The maximum absolute atomic E-state index is 12.4. The van der Waals surface area contributed by atoms with Gasteiger partial charge in [-0.2, -0.15) is 0 Å². The van der Waals surface area contributed by atoms with Crippen LogP contribution in [0.5, 0.6) is 0 Å². The maximum Gasteiger partial charge on any atom is 0.315 e. The summed E-state index contributed by atoms with van der Waals surface area (Å²) in [5, 5.41) is 5.54. The normalized spacial score (nSPS) is 19.6. The van der Waals surface area contributed by atoms with Gasteiger partial charge in [-0.1, -0.05) is 0 Å². The number of aryl methyl sites for hydroxylation is 1. The summed E-state index contributed by atoms with van der Waals surface area (Å²) in [4.78, 5) is 28.5. The van der Waals surface area contributed by atoms with Crippen LogP contribution in [0.4, 0.5) is 4.79 Å². The Hall–Kier alpha value is -1.56. The molecule has 2 atom stereocenters. The molecule has 1 aliphatic heterocycles. The molecule has 0 radical (unpaired) electrons. The molecule has 2 N–H and O–H groups in total. The second-order valence-electron chi connectivity index (χ2n) is 5.94. The van der Waals surface area contributed by atoms with E-state index in [1.807, 2.05) is 24.0 Å². The minimum atomic E-state index is -0.495. The van der Waals surface area contributed by atoms with Gasteiger partial charge in [0.05, 0.1) is 6.54 Å². The van der Waals surface area contributed by atoms with Crippen LogP contribution < -0.4 is 10.6 Å². The third-order valence-corrected chi connectivity index (χ3v) is 5.02. The number of piperidine rings is 1. The highest BCUT2D eigenvalue weighted by atomic mass is 32.1. The van der Waals surface area contributed by atoms with Crippen LogP contribution in [0.25, 0.3) is 0 Å². The second kappa shape index (κ2) is 7.63. The van der Waals surface area contributed by atoms with Crippen molar-refractivity contribution in [3.8, 4) is 0 Å². The predicted molar refractivity (Wildman–Crippen MR) is 88.9 cm³/mol. The summed E-state index contributed by atoms with van der Waals surface area (Å²) >= 11 is 1.66. The molecule has 3 amide bonds. The van der Waals surface area contributed by atoms with Crippen molar-refractivity contribution in [2.75, 3.05) is 6.54 Å². The van der Waals surface area contributed by atoms with Crippen molar-refractivity contribution in [1.29, 1.82) is 0 Å². The number of hydrogen-bond acceptors (Lipinski definition) is 3. The Bertz CT molecular complexity index is 529. The summed E-state index contributed by atoms with van der Waals surface area (Å²) in [5.41, 5.74) is 0. The lowest BCUT2D eigenvalue weighted by atomic mass is 10.0. The van der Waals surface area contributed by atoms with Crippen molar-refractivity contribution < 1.29 is 9.59 Å². The zero-order chi connectivity index (χ0) is 16.1. The highest BCUT2D eigenvalue weighted by Crippen LogP contribution is 2.17. The molecule has 2 rings (SSSR count). The Morgan fingerprint density at radius 2 is 2.18 bits per heavy atom. The first-order valence-electron chi connectivity index (χ1n) is 7.87. The largest absolute Gasteiger partial charge is 0.338 e. The molecule has 0 aliphatic carbocycles. The highest BCUT2D eigenvalue weighted by molar-refractivity contribution is 7.11. The second-order valence-corrected chi connectivity index (χ2v) is 7.31. The fraction of sp³-hybridized carbons (Fsp3) is 0.625. The Balaban J connectivity index is 1.78. The van der Waals surface area contributed by atoms with Crippen molar-refractivity contribution in [3.63, 3.8) is 0 Å². The molecule has 22 heavy (non-hydrogen) atoms. The number of rotatable bonds is 4. The number of thiophene rings is 1. The van der Waals surface area contributed by atoms with Crippen molar-refractivity contribution in [1.82, 2.24) is 15.5 Å². The van der Waals surface area contributed by atoms with E-state index >= 15 is 0 Å². The number of carbonyl (C=O) groups excluding carboxylic acids is 2. The zero-order valence-corrected chi connectivity index (χ0v) is 14.3. The molecule has 2 heterocycles. The van der Waals surface area contributed by atoms with Crippen LogP contribution in [0.15, 0.2) is 12.1 Å². The van der Waals surface area contributed by atoms with Gasteiger partial charge in [-0.3, -0.25) is 4.79 Å². The van der Waals surface area contributed by atoms with Gasteiger partial charge < -0.3 is 15.5 Å². The summed E-state index contributed by atoms with van der Waals surface area (Å²) in [7, 11) is 0. The number of urea groups is 1. The average molecular weight is 323 g/mol. The van der Waals surface area contributed by atoms with Gasteiger partial charge in [0.2, 0.25) is 5.91 Å². The highest BCUT2D eigenvalue weighted by Gasteiger charge is 2.27. The summed E-state index contributed by atoms with van der Waals surface area (Å²) in [6.07, 6.45) is 3.27. The van der Waals surface area contributed by atoms with Gasteiger partial charge in [0.15, 0.2) is 0 Å². The Morgan fingerprint density at radius 1 is 1.41 bits per heavy atom. The number of nitrogens with one attached hydrogen (secondary N) is 2. The SMILES string of the molecule is Cc1ccc(CNC(=O)N[C@H](C)C(=O)N2CCCC[C@H]2C)s1. The lowest BCUT2D eigenvalue weighted by molar-refractivity contribution is -0.136. The molecular formula is C16H25N3O2S. The van der Waals surface area contributed by atoms with E-state index in [2.05, 4.69) is 17.6 Å². The van der Waals surface area contributed by atoms with Crippen LogP contribution in [-0.2, 0) is 11.3 Å². The molecule has 1 saturated heterocycles. The van der Waals surface area contributed by atoms with E-state index in [0.717, 1.165) is 24.3 Å². The summed E-state index contributed by atoms with van der Waals surface area (Å²) in [5.74, 6) is 0.00863. The molecule has 1 aromatic rings. The van der Waals surface area contributed by atoms with E-state index in [0.29, 0.717) is 6.54 Å². The minimum Gasteiger partial charge on any atom is -0.338 e. The zero-order valence-electron chi connectivity index (χ0n) is 13.5. The topological polar surface area (TPSA) is 61.4 Å². The number of amides is 3. The molecule has 0 spiro atoms. The summed E-state index contributed by atoms with van der Waals surface area (Å²) < 4.78 is 0. The van der Waals surface area contributed by atoms with E-state index in [9.17, 15) is 9.59 Å². The maximum atomic E-state index is 12.4. The van der Waals surface area contributed by atoms with Crippen molar-refractivity contribution in [3.05, 3.63) is 21.9 Å². The molecule has 0 aromatic carbocycles. The monoisotopic (exact) mass is 323 g/mol. The van der Waals surface area contributed by atoms with Crippen molar-refractivity contribution in [2.45, 2.75) is 58.7 Å². The molecule has 5 nitrogen and oxygen atoms in total. The average Bonchev–Trinajstić information content (AvgIpc) is 2.90. The number of hydrogen-bond donors (Lipinski definition) is 2. The number of nitrogens with zero attached hydrogens (tertiary/aromatic N) is 1. The van der Waals surface area contributed by atoms with Crippen LogP contribution in [-0.4, -0.2) is 35.5 Å². The fourth-order valence-corrected chi connectivity index (χ4v) is 3.56. The first-order chi connectivity index (χ1) is 10.5. The Kier molecular flexibility index (Phi) is 5.83. The molecule has 0 unspecified atom stereocenters. The summed E-state index contributed by atoms with van der Waals surface area (Å²) in [6, 6.07) is 3.51. The minimum absolute atomic E-state index is 0.00863. The lowest BCUT2D eigenvalue weighted by Crippen LogP contribution is -2.53. The lowest BCUT2D eigenvalue weighted by Gasteiger charge is -2.35.